The fourth-order valence-corrected chi connectivity index (χ4v) is 3.36. The number of aromatic nitrogens is 4. The molecule has 0 amide bonds. The van der Waals surface area contributed by atoms with Crippen LogP contribution in [0.2, 0.25) is 0 Å². The minimum atomic E-state index is -0.431. The lowest BCUT2D eigenvalue weighted by molar-refractivity contribution is 0.554. The van der Waals surface area contributed by atoms with E-state index in [1.807, 2.05) is 62.8 Å². The third-order valence-corrected chi connectivity index (χ3v) is 5.24. The van der Waals surface area contributed by atoms with E-state index in [0.29, 0.717) is 17.2 Å². The Labute approximate surface area is 187 Å². The van der Waals surface area contributed by atoms with Crippen molar-refractivity contribution in [3.05, 3.63) is 90.1 Å². The van der Waals surface area contributed by atoms with Gasteiger partial charge in [-0.15, -0.1) is 0 Å². The van der Waals surface area contributed by atoms with Crippen molar-refractivity contribution in [3.63, 3.8) is 0 Å². The van der Waals surface area contributed by atoms with E-state index in [1.165, 1.54) is 5.56 Å². The molecule has 2 aromatic carbocycles. The van der Waals surface area contributed by atoms with Crippen LogP contribution in [0.1, 0.15) is 30.5 Å². The number of aryl methyl sites for hydroxylation is 2. The molecule has 32 heavy (non-hydrogen) atoms. The van der Waals surface area contributed by atoms with Gasteiger partial charge in [0.2, 0.25) is 5.95 Å². The topological polar surface area (TPSA) is 105 Å². The van der Waals surface area contributed by atoms with Gasteiger partial charge in [0.15, 0.2) is 0 Å². The van der Waals surface area contributed by atoms with E-state index in [0.717, 1.165) is 29.8 Å². The second-order valence-corrected chi connectivity index (χ2v) is 8.24. The van der Waals surface area contributed by atoms with Crippen molar-refractivity contribution in [2.75, 3.05) is 5.32 Å². The third-order valence-electron chi connectivity index (χ3n) is 5.24. The average Bonchev–Trinajstić information content (AvgIpc) is 3.32. The summed E-state index contributed by atoms with van der Waals surface area (Å²) in [6.07, 6.45) is 8.03. The Hall–Kier alpha value is -4.02. The third kappa shape index (κ3) is 4.99. The Balaban J connectivity index is 1.50. The number of hydrogen-bond donors (Lipinski definition) is 2. The summed E-state index contributed by atoms with van der Waals surface area (Å²) >= 11 is 0. The minimum absolute atomic E-state index is 0.421. The molecule has 3 N–H and O–H groups in total. The number of nitrogens with zero attached hydrogens (tertiary/aromatic N) is 5. The van der Waals surface area contributed by atoms with Crippen molar-refractivity contribution in [1.82, 2.24) is 19.5 Å². The van der Waals surface area contributed by atoms with E-state index in [1.54, 1.807) is 12.4 Å². The zero-order valence-corrected chi connectivity index (χ0v) is 18.2. The maximum atomic E-state index is 9.52. The van der Waals surface area contributed by atoms with Crippen molar-refractivity contribution >= 4 is 11.6 Å². The molecular formula is C25H25N7. The first-order chi connectivity index (χ1) is 15.4. The summed E-state index contributed by atoms with van der Waals surface area (Å²) in [7, 11) is 0. The van der Waals surface area contributed by atoms with Crippen LogP contribution in [-0.2, 0) is 18.5 Å². The van der Waals surface area contributed by atoms with Crippen LogP contribution in [0, 0.1) is 11.3 Å². The molecule has 160 valence electrons. The summed E-state index contributed by atoms with van der Waals surface area (Å²) in [6.45, 7) is 4.80. The molecule has 0 radical (unpaired) electrons. The lowest BCUT2D eigenvalue weighted by Crippen LogP contribution is -2.28. The van der Waals surface area contributed by atoms with E-state index in [-0.39, 0.29) is 0 Å². The zero-order chi connectivity index (χ0) is 22.6. The van der Waals surface area contributed by atoms with E-state index < -0.39 is 5.54 Å². The van der Waals surface area contributed by atoms with Gasteiger partial charge in [0, 0.05) is 35.7 Å². The number of nitriles is 1. The van der Waals surface area contributed by atoms with Crippen molar-refractivity contribution in [3.8, 4) is 17.3 Å². The molecule has 7 heteroatoms. The predicted molar refractivity (Wildman–Crippen MR) is 125 cm³/mol. The lowest BCUT2D eigenvalue weighted by atomic mass is 9.94. The quantitative estimate of drug-likeness (QED) is 0.457. The van der Waals surface area contributed by atoms with Gasteiger partial charge >= 0.3 is 0 Å². The van der Waals surface area contributed by atoms with Crippen LogP contribution < -0.4 is 11.1 Å². The highest BCUT2D eigenvalue weighted by molar-refractivity contribution is 5.68. The van der Waals surface area contributed by atoms with E-state index in [9.17, 15) is 5.26 Å². The lowest BCUT2D eigenvalue weighted by Gasteiger charge is -2.19. The Bertz CT molecular complexity index is 1210. The second-order valence-electron chi connectivity index (χ2n) is 8.24. The van der Waals surface area contributed by atoms with Crippen LogP contribution in [0.3, 0.4) is 0 Å². The van der Waals surface area contributed by atoms with Gasteiger partial charge in [-0.2, -0.15) is 5.26 Å². The molecule has 0 spiro atoms. The molecule has 4 aromatic rings. The molecule has 0 aliphatic carbocycles. The van der Waals surface area contributed by atoms with Crippen molar-refractivity contribution in [1.29, 1.82) is 5.26 Å². The predicted octanol–water partition coefficient (Wildman–Crippen LogP) is 4.39. The summed E-state index contributed by atoms with van der Waals surface area (Å²) in [5, 5.41) is 12.7. The molecule has 0 saturated carbocycles. The smallest absolute Gasteiger partial charge is 0.227 e. The average molecular weight is 424 g/mol. The molecule has 0 unspecified atom stereocenters. The van der Waals surface area contributed by atoms with Crippen molar-refractivity contribution in [2.24, 2.45) is 5.73 Å². The van der Waals surface area contributed by atoms with Gasteiger partial charge in [-0.05, 0) is 43.5 Å². The fraction of sp³-hybridized carbons (Fsp3) is 0.200. The highest BCUT2D eigenvalue weighted by atomic mass is 15.1. The number of nitrogens with two attached hydrogens (primary N) is 1. The van der Waals surface area contributed by atoms with Gasteiger partial charge in [0.1, 0.15) is 6.07 Å². The minimum Gasteiger partial charge on any atom is -0.337 e. The highest BCUT2D eigenvalue weighted by Gasteiger charge is 2.15. The largest absolute Gasteiger partial charge is 0.337 e. The van der Waals surface area contributed by atoms with Crippen LogP contribution in [0.5, 0.6) is 0 Å². The number of imidazole rings is 1. The summed E-state index contributed by atoms with van der Waals surface area (Å²) < 4.78 is 2.05. The molecule has 2 heterocycles. The first-order valence-corrected chi connectivity index (χ1v) is 10.4. The van der Waals surface area contributed by atoms with Crippen LogP contribution in [0.15, 0.2) is 73.4 Å². The molecule has 0 bridgehead atoms. The van der Waals surface area contributed by atoms with Gasteiger partial charge in [-0.25, -0.2) is 15.0 Å². The summed E-state index contributed by atoms with van der Waals surface area (Å²) in [4.78, 5) is 13.0. The van der Waals surface area contributed by atoms with E-state index in [4.69, 9.17) is 5.73 Å². The van der Waals surface area contributed by atoms with Gasteiger partial charge in [-0.1, -0.05) is 36.4 Å². The molecule has 0 atom stereocenters. The zero-order valence-electron chi connectivity index (χ0n) is 18.2. The van der Waals surface area contributed by atoms with E-state index >= 15 is 0 Å². The molecule has 0 fully saturated rings. The van der Waals surface area contributed by atoms with Crippen molar-refractivity contribution in [2.45, 2.75) is 32.4 Å². The standard InChI is InChI=1S/C25H25N7/c1-25(2,27)21-7-5-19(6-8-21)23-20(15-26)16-29-24(31-23)30-22-9-3-18(4-10-22)11-13-32-14-12-28-17-32/h3-10,12,14,16-17H,11,13,27H2,1-2H3,(H,29,30,31). The number of benzene rings is 2. The fourth-order valence-electron chi connectivity index (χ4n) is 3.36. The maximum Gasteiger partial charge on any atom is 0.227 e. The molecular weight excluding hydrogens is 398 g/mol. The SMILES string of the molecule is CC(C)(N)c1ccc(-c2nc(Nc3ccc(CCn4ccnc4)cc3)ncc2C#N)cc1. The van der Waals surface area contributed by atoms with Crippen LogP contribution in [0.4, 0.5) is 11.6 Å². The second kappa shape index (κ2) is 9.00. The number of rotatable bonds is 7. The number of hydrogen-bond acceptors (Lipinski definition) is 6. The van der Waals surface area contributed by atoms with Gasteiger partial charge in [0.25, 0.3) is 0 Å². The molecule has 7 nitrogen and oxygen atoms in total. The molecule has 4 rings (SSSR count). The Morgan fingerprint density at radius 3 is 2.47 bits per heavy atom. The van der Waals surface area contributed by atoms with E-state index in [2.05, 4.69) is 43.0 Å². The first kappa shape index (κ1) is 21.2. The van der Waals surface area contributed by atoms with Gasteiger partial charge < -0.3 is 15.6 Å². The summed E-state index contributed by atoms with van der Waals surface area (Å²) in [6, 6.07) is 18.2. The van der Waals surface area contributed by atoms with Crippen LogP contribution in [0.25, 0.3) is 11.3 Å². The molecule has 0 aliphatic rings. The van der Waals surface area contributed by atoms with Crippen LogP contribution in [-0.4, -0.2) is 19.5 Å². The van der Waals surface area contributed by atoms with Gasteiger partial charge in [0.05, 0.1) is 23.8 Å². The summed E-state index contributed by atoms with van der Waals surface area (Å²) in [5.74, 6) is 0.438. The highest BCUT2D eigenvalue weighted by Crippen LogP contribution is 2.26. The van der Waals surface area contributed by atoms with Gasteiger partial charge in [-0.3, -0.25) is 0 Å². The normalized spacial score (nSPS) is 11.2. The van der Waals surface area contributed by atoms with Crippen molar-refractivity contribution < 1.29 is 0 Å². The monoisotopic (exact) mass is 423 g/mol. The Morgan fingerprint density at radius 2 is 1.84 bits per heavy atom. The molecule has 0 aliphatic heterocycles. The maximum absolute atomic E-state index is 9.52. The molecule has 0 saturated heterocycles. The Morgan fingerprint density at radius 1 is 1.09 bits per heavy atom. The number of anilines is 2. The van der Waals surface area contributed by atoms with Crippen LogP contribution >= 0.6 is 0 Å². The number of nitrogens with one attached hydrogen (secondary N) is 1. The first-order valence-electron chi connectivity index (χ1n) is 10.4. The Kier molecular flexibility index (Phi) is 5.97. The summed E-state index contributed by atoms with van der Waals surface area (Å²) in [5.41, 5.74) is 10.7. The molecule has 2 aromatic heterocycles.